The minimum absolute atomic E-state index is 0.293. The molecule has 0 bridgehead atoms. The van der Waals surface area contributed by atoms with Gasteiger partial charge in [-0.15, -0.1) is 11.3 Å². The van der Waals surface area contributed by atoms with Crippen LogP contribution in [0.5, 0.6) is 0 Å². The number of halogens is 1. The van der Waals surface area contributed by atoms with Gasteiger partial charge in [-0.1, -0.05) is 54.1 Å². The van der Waals surface area contributed by atoms with Crippen molar-refractivity contribution >= 4 is 57.1 Å². The van der Waals surface area contributed by atoms with Crippen LogP contribution in [0.1, 0.15) is 28.5 Å². The van der Waals surface area contributed by atoms with Gasteiger partial charge in [0.25, 0.3) is 0 Å². The molecule has 0 amide bonds. The fourth-order valence-corrected chi connectivity index (χ4v) is 4.79. The van der Waals surface area contributed by atoms with E-state index in [1.165, 1.54) is 11.3 Å². The van der Waals surface area contributed by atoms with Crippen LogP contribution in [0, 0.1) is 6.92 Å². The lowest BCUT2D eigenvalue weighted by atomic mass is 10.1. The monoisotopic (exact) mass is 510 g/mol. The summed E-state index contributed by atoms with van der Waals surface area (Å²) in [6.07, 6.45) is 0. The van der Waals surface area contributed by atoms with Crippen LogP contribution in [0.15, 0.2) is 66.7 Å². The number of rotatable bonds is 7. The second-order valence-electron chi connectivity index (χ2n) is 7.47. The van der Waals surface area contributed by atoms with Gasteiger partial charge >= 0.3 is 5.97 Å². The molecule has 0 radical (unpaired) electrons. The molecule has 6 nitrogen and oxygen atoms in total. The summed E-state index contributed by atoms with van der Waals surface area (Å²) in [5.74, 6) is 0.218. The van der Waals surface area contributed by atoms with Crippen molar-refractivity contribution in [2.45, 2.75) is 20.4 Å². The molecule has 2 aromatic carbocycles. The molecule has 4 aromatic rings. The summed E-state index contributed by atoms with van der Waals surface area (Å²) in [7, 11) is 0. The van der Waals surface area contributed by atoms with Gasteiger partial charge < -0.3 is 15.4 Å². The summed E-state index contributed by atoms with van der Waals surface area (Å²) < 4.78 is 7.13. The molecule has 0 spiro atoms. The Hall–Kier alpha value is -3.20. The number of benzene rings is 2. The van der Waals surface area contributed by atoms with Gasteiger partial charge in [-0.2, -0.15) is 5.10 Å². The van der Waals surface area contributed by atoms with E-state index in [1.54, 1.807) is 6.92 Å². The number of carbonyl (C=O) groups is 1. The van der Waals surface area contributed by atoms with E-state index < -0.39 is 5.97 Å². The molecular formula is C25H23ClN4O2S2. The first-order chi connectivity index (χ1) is 16.4. The van der Waals surface area contributed by atoms with E-state index in [9.17, 15) is 4.79 Å². The molecule has 0 aliphatic carbocycles. The van der Waals surface area contributed by atoms with E-state index in [0.29, 0.717) is 39.7 Å². The Labute approximate surface area is 212 Å². The van der Waals surface area contributed by atoms with Gasteiger partial charge in [-0.3, -0.25) is 4.68 Å². The summed E-state index contributed by atoms with van der Waals surface area (Å²) in [4.78, 5) is 13.5. The van der Waals surface area contributed by atoms with Gasteiger partial charge in [0, 0.05) is 21.7 Å². The van der Waals surface area contributed by atoms with Gasteiger partial charge in [0.1, 0.15) is 5.00 Å². The predicted molar refractivity (Wildman–Crippen MR) is 143 cm³/mol. The zero-order valence-corrected chi connectivity index (χ0v) is 21.1. The van der Waals surface area contributed by atoms with Crippen molar-refractivity contribution in [3.8, 4) is 10.4 Å². The lowest BCUT2D eigenvalue weighted by Gasteiger charge is -2.09. The van der Waals surface area contributed by atoms with Crippen LogP contribution in [0.4, 0.5) is 10.8 Å². The lowest BCUT2D eigenvalue weighted by molar-refractivity contribution is 0.0528. The van der Waals surface area contributed by atoms with Gasteiger partial charge in [0.15, 0.2) is 10.9 Å². The van der Waals surface area contributed by atoms with Crippen molar-refractivity contribution in [2.24, 2.45) is 0 Å². The third kappa shape index (κ3) is 5.83. The van der Waals surface area contributed by atoms with E-state index in [2.05, 4.69) is 15.7 Å². The summed E-state index contributed by atoms with van der Waals surface area (Å²) in [5, 5.41) is 12.5. The van der Waals surface area contributed by atoms with Crippen LogP contribution in [0.2, 0.25) is 5.02 Å². The zero-order chi connectivity index (χ0) is 24.1. The fourth-order valence-electron chi connectivity index (χ4n) is 3.33. The number of anilines is 2. The quantitative estimate of drug-likeness (QED) is 0.215. The average Bonchev–Trinajstić information content (AvgIpc) is 3.39. The van der Waals surface area contributed by atoms with Crippen molar-refractivity contribution in [3.05, 3.63) is 88.6 Å². The minimum Gasteiger partial charge on any atom is -0.462 e. The number of esters is 1. The van der Waals surface area contributed by atoms with Gasteiger partial charge in [-0.05, 0) is 55.4 Å². The molecule has 2 N–H and O–H groups in total. The summed E-state index contributed by atoms with van der Waals surface area (Å²) >= 11 is 12.9. The Kier molecular flexibility index (Phi) is 7.62. The molecule has 0 saturated carbocycles. The van der Waals surface area contributed by atoms with Crippen LogP contribution in [-0.4, -0.2) is 27.5 Å². The highest BCUT2D eigenvalue weighted by Gasteiger charge is 2.19. The van der Waals surface area contributed by atoms with Crippen molar-refractivity contribution in [1.82, 2.24) is 9.78 Å². The lowest BCUT2D eigenvalue weighted by Crippen LogP contribution is -2.20. The van der Waals surface area contributed by atoms with E-state index in [0.717, 1.165) is 21.7 Å². The van der Waals surface area contributed by atoms with E-state index >= 15 is 0 Å². The van der Waals surface area contributed by atoms with Crippen molar-refractivity contribution in [3.63, 3.8) is 0 Å². The first kappa shape index (κ1) is 23.9. The summed E-state index contributed by atoms with van der Waals surface area (Å²) in [5.41, 5.74) is 3.53. The minimum atomic E-state index is -0.394. The second kappa shape index (κ2) is 10.8. The molecule has 0 fully saturated rings. The number of thiophene rings is 1. The second-order valence-corrected chi connectivity index (χ2v) is 9.37. The highest BCUT2D eigenvalue weighted by atomic mass is 35.5. The SMILES string of the molecule is CCOC(=O)c1cc(-c2ccccc2)sc1NC(=S)Nc1cc(C)n(Cc2ccc(Cl)cc2)n1. The summed E-state index contributed by atoms with van der Waals surface area (Å²) in [6.45, 7) is 4.67. The molecule has 0 atom stereocenters. The molecule has 34 heavy (non-hydrogen) atoms. The Morgan fingerprint density at radius 1 is 1.12 bits per heavy atom. The Morgan fingerprint density at radius 3 is 2.56 bits per heavy atom. The number of carbonyl (C=O) groups excluding carboxylic acids is 1. The maximum Gasteiger partial charge on any atom is 0.341 e. The molecule has 0 saturated heterocycles. The largest absolute Gasteiger partial charge is 0.462 e. The molecular weight excluding hydrogens is 488 g/mol. The number of aromatic nitrogens is 2. The maximum absolute atomic E-state index is 12.5. The third-order valence-corrected chi connectivity index (χ3v) is 6.54. The number of nitrogens with zero attached hydrogens (tertiary/aromatic N) is 2. The zero-order valence-electron chi connectivity index (χ0n) is 18.7. The summed E-state index contributed by atoms with van der Waals surface area (Å²) in [6, 6.07) is 21.3. The number of nitrogens with one attached hydrogen (secondary N) is 2. The molecule has 0 unspecified atom stereocenters. The normalized spacial score (nSPS) is 10.7. The molecule has 9 heteroatoms. The van der Waals surface area contributed by atoms with Crippen molar-refractivity contribution in [2.75, 3.05) is 17.2 Å². The smallest absolute Gasteiger partial charge is 0.341 e. The van der Waals surface area contributed by atoms with Crippen molar-refractivity contribution in [1.29, 1.82) is 0 Å². The van der Waals surface area contributed by atoms with Crippen LogP contribution in [0.25, 0.3) is 10.4 Å². The fraction of sp³-hybridized carbons (Fsp3) is 0.160. The van der Waals surface area contributed by atoms with E-state index in [4.69, 9.17) is 28.6 Å². The highest BCUT2D eigenvalue weighted by molar-refractivity contribution is 7.80. The van der Waals surface area contributed by atoms with E-state index in [1.807, 2.05) is 78.3 Å². The van der Waals surface area contributed by atoms with Gasteiger partial charge in [-0.25, -0.2) is 4.79 Å². The molecule has 0 aliphatic heterocycles. The Balaban J connectivity index is 1.50. The number of ether oxygens (including phenoxy) is 1. The molecule has 2 heterocycles. The number of hydrogen-bond acceptors (Lipinski definition) is 5. The number of aryl methyl sites for hydroxylation is 1. The molecule has 2 aromatic heterocycles. The van der Waals surface area contributed by atoms with E-state index in [-0.39, 0.29) is 0 Å². The predicted octanol–water partition coefficient (Wildman–Crippen LogP) is 6.61. The highest BCUT2D eigenvalue weighted by Crippen LogP contribution is 2.36. The average molecular weight is 511 g/mol. The number of thiocarbonyl (C=S) groups is 1. The van der Waals surface area contributed by atoms with Gasteiger partial charge in [0.05, 0.1) is 18.7 Å². The van der Waals surface area contributed by atoms with Crippen LogP contribution >= 0.6 is 35.2 Å². The Bertz CT molecular complexity index is 1300. The topological polar surface area (TPSA) is 68.2 Å². The van der Waals surface area contributed by atoms with Crippen LogP contribution < -0.4 is 10.6 Å². The van der Waals surface area contributed by atoms with Crippen molar-refractivity contribution < 1.29 is 9.53 Å². The number of hydrogen-bond donors (Lipinski definition) is 2. The maximum atomic E-state index is 12.5. The third-order valence-electron chi connectivity index (χ3n) is 4.98. The molecule has 174 valence electrons. The van der Waals surface area contributed by atoms with Crippen LogP contribution in [0.3, 0.4) is 0 Å². The first-order valence-electron chi connectivity index (χ1n) is 10.7. The molecule has 0 aliphatic rings. The first-order valence-corrected chi connectivity index (χ1v) is 12.3. The molecule has 4 rings (SSSR count). The van der Waals surface area contributed by atoms with Crippen LogP contribution in [-0.2, 0) is 11.3 Å². The standard InChI is InChI=1S/C25H23ClN4O2S2/c1-3-32-24(31)20-14-21(18-7-5-4-6-8-18)34-23(20)28-25(33)27-22-13-16(2)30(29-22)15-17-9-11-19(26)12-10-17/h4-14H,3,15H2,1-2H3,(H2,27,28,29,33). The Morgan fingerprint density at radius 2 is 1.85 bits per heavy atom. The van der Waals surface area contributed by atoms with Gasteiger partial charge in [0.2, 0.25) is 0 Å².